The summed E-state index contributed by atoms with van der Waals surface area (Å²) in [5, 5.41) is 16.2. The van der Waals surface area contributed by atoms with Gasteiger partial charge < -0.3 is 10.1 Å². The summed E-state index contributed by atoms with van der Waals surface area (Å²) in [6, 6.07) is 2.14. The molecule has 1 saturated heterocycles. The van der Waals surface area contributed by atoms with Crippen LogP contribution >= 0.6 is 0 Å². The van der Waals surface area contributed by atoms with Crippen LogP contribution in [0.1, 0.15) is 36.2 Å². The quantitative estimate of drug-likeness (QED) is 0.678. The van der Waals surface area contributed by atoms with Crippen molar-refractivity contribution in [3.8, 4) is 6.07 Å². The summed E-state index contributed by atoms with van der Waals surface area (Å²) in [5.74, 6) is 0.0885. The highest BCUT2D eigenvalue weighted by molar-refractivity contribution is 5.76. The smallest absolute Gasteiger partial charge is 0.220 e. The van der Waals surface area contributed by atoms with E-state index < -0.39 is 0 Å². The second-order valence-electron chi connectivity index (χ2n) is 6.44. The van der Waals surface area contributed by atoms with E-state index in [9.17, 15) is 4.79 Å². The first kappa shape index (κ1) is 19.4. The summed E-state index contributed by atoms with van der Waals surface area (Å²) >= 11 is 0. The van der Waals surface area contributed by atoms with Gasteiger partial charge in [0.05, 0.1) is 37.9 Å². The molecule has 7 heteroatoms. The summed E-state index contributed by atoms with van der Waals surface area (Å²) in [6.07, 6.45) is 2.59. The number of aryl methyl sites for hydroxylation is 2. The molecule has 7 nitrogen and oxygen atoms in total. The first-order valence-corrected chi connectivity index (χ1v) is 9.08. The van der Waals surface area contributed by atoms with Crippen LogP contribution in [0.3, 0.4) is 0 Å². The maximum atomic E-state index is 12.1. The van der Waals surface area contributed by atoms with Crippen LogP contribution < -0.4 is 5.32 Å². The second kappa shape index (κ2) is 10.2. The van der Waals surface area contributed by atoms with Crippen molar-refractivity contribution in [2.24, 2.45) is 0 Å². The van der Waals surface area contributed by atoms with Gasteiger partial charge in [-0.05, 0) is 38.8 Å². The van der Waals surface area contributed by atoms with Gasteiger partial charge in [-0.3, -0.25) is 14.4 Å². The average molecular weight is 347 g/mol. The zero-order valence-corrected chi connectivity index (χ0v) is 15.4. The third kappa shape index (κ3) is 6.15. The van der Waals surface area contributed by atoms with Crippen LogP contribution in [0.4, 0.5) is 0 Å². The van der Waals surface area contributed by atoms with Gasteiger partial charge in [-0.2, -0.15) is 10.4 Å². The lowest BCUT2D eigenvalue weighted by Crippen LogP contribution is -2.38. The Labute approximate surface area is 149 Å². The van der Waals surface area contributed by atoms with E-state index in [2.05, 4.69) is 21.4 Å². The highest BCUT2D eigenvalue weighted by Crippen LogP contribution is 2.15. The molecular weight excluding hydrogens is 318 g/mol. The number of carbonyl (C=O) groups excluding carboxylic acids is 1. The Morgan fingerprint density at radius 1 is 1.32 bits per heavy atom. The van der Waals surface area contributed by atoms with E-state index in [4.69, 9.17) is 10.00 Å². The minimum atomic E-state index is 0.0885. The van der Waals surface area contributed by atoms with E-state index in [1.165, 1.54) is 0 Å². The normalized spacial score (nSPS) is 15.1. The van der Waals surface area contributed by atoms with Crippen LogP contribution in [-0.4, -0.2) is 60.0 Å². The van der Waals surface area contributed by atoms with E-state index in [1.807, 2.05) is 18.5 Å². The Morgan fingerprint density at radius 3 is 2.80 bits per heavy atom. The number of rotatable bonds is 9. The SMILES string of the molecule is Cc1nn(CCC#N)c(C)c1CCC(=O)NCCCN1CCOCC1. The number of morpholine rings is 1. The number of hydrogen-bond donors (Lipinski definition) is 1. The van der Waals surface area contributed by atoms with Gasteiger partial charge in [0.15, 0.2) is 0 Å². The molecule has 2 rings (SSSR count). The predicted molar refractivity (Wildman–Crippen MR) is 95.1 cm³/mol. The van der Waals surface area contributed by atoms with Crippen LogP contribution in [0.5, 0.6) is 0 Å². The van der Waals surface area contributed by atoms with Gasteiger partial charge in [0, 0.05) is 31.7 Å². The Kier molecular flexibility index (Phi) is 7.89. The van der Waals surface area contributed by atoms with E-state index >= 15 is 0 Å². The monoisotopic (exact) mass is 347 g/mol. The fraction of sp³-hybridized carbons (Fsp3) is 0.722. The summed E-state index contributed by atoms with van der Waals surface area (Å²) in [6.45, 7) is 9.91. The fourth-order valence-electron chi connectivity index (χ4n) is 3.15. The third-order valence-electron chi connectivity index (χ3n) is 4.65. The van der Waals surface area contributed by atoms with Gasteiger partial charge in [0.2, 0.25) is 5.91 Å². The molecule has 1 aromatic rings. The van der Waals surface area contributed by atoms with Gasteiger partial charge in [-0.1, -0.05) is 0 Å². The number of nitriles is 1. The fourth-order valence-corrected chi connectivity index (χ4v) is 3.15. The zero-order chi connectivity index (χ0) is 18.1. The van der Waals surface area contributed by atoms with Crippen molar-refractivity contribution in [1.82, 2.24) is 20.0 Å². The number of hydrogen-bond acceptors (Lipinski definition) is 5. The third-order valence-corrected chi connectivity index (χ3v) is 4.65. The highest BCUT2D eigenvalue weighted by Gasteiger charge is 2.13. The van der Waals surface area contributed by atoms with Gasteiger partial charge in [0.1, 0.15) is 0 Å². The van der Waals surface area contributed by atoms with E-state index in [1.54, 1.807) is 0 Å². The van der Waals surface area contributed by atoms with Crippen LogP contribution in [0, 0.1) is 25.2 Å². The number of aromatic nitrogens is 2. The molecule has 0 bridgehead atoms. The molecule has 0 saturated carbocycles. The Morgan fingerprint density at radius 2 is 2.08 bits per heavy atom. The molecule has 1 fully saturated rings. The largest absolute Gasteiger partial charge is 0.379 e. The van der Waals surface area contributed by atoms with Gasteiger partial charge in [-0.15, -0.1) is 0 Å². The summed E-state index contributed by atoms with van der Waals surface area (Å²) < 4.78 is 7.20. The van der Waals surface area contributed by atoms with Crippen molar-refractivity contribution in [2.45, 2.75) is 46.1 Å². The second-order valence-corrected chi connectivity index (χ2v) is 6.44. The molecule has 1 amide bonds. The molecule has 0 aliphatic carbocycles. The molecule has 1 aromatic heterocycles. The van der Waals surface area contributed by atoms with Crippen molar-refractivity contribution in [3.05, 3.63) is 17.0 Å². The molecule has 138 valence electrons. The molecule has 0 unspecified atom stereocenters. The zero-order valence-electron chi connectivity index (χ0n) is 15.4. The molecule has 0 atom stereocenters. The summed E-state index contributed by atoms with van der Waals surface area (Å²) in [7, 11) is 0. The van der Waals surface area contributed by atoms with Gasteiger partial charge >= 0.3 is 0 Å². The van der Waals surface area contributed by atoms with Crippen LogP contribution in [0.2, 0.25) is 0 Å². The molecule has 0 aromatic carbocycles. The molecule has 1 aliphatic rings. The average Bonchev–Trinajstić information content (AvgIpc) is 2.89. The van der Waals surface area contributed by atoms with Crippen molar-refractivity contribution in [3.63, 3.8) is 0 Å². The van der Waals surface area contributed by atoms with Crippen molar-refractivity contribution >= 4 is 5.91 Å². The predicted octanol–water partition coefficient (Wildman–Crippen LogP) is 1.18. The van der Waals surface area contributed by atoms with Crippen LogP contribution in [0.25, 0.3) is 0 Å². The maximum absolute atomic E-state index is 12.1. The lowest BCUT2D eigenvalue weighted by molar-refractivity contribution is -0.121. The Hall–Kier alpha value is -1.91. The molecule has 0 radical (unpaired) electrons. The van der Waals surface area contributed by atoms with E-state index in [-0.39, 0.29) is 5.91 Å². The first-order valence-electron chi connectivity index (χ1n) is 9.08. The van der Waals surface area contributed by atoms with E-state index in [0.717, 1.165) is 62.8 Å². The molecule has 0 spiro atoms. The van der Waals surface area contributed by atoms with Gasteiger partial charge in [0.25, 0.3) is 0 Å². The van der Waals surface area contributed by atoms with Crippen LogP contribution in [0.15, 0.2) is 0 Å². The summed E-state index contributed by atoms with van der Waals surface area (Å²) in [4.78, 5) is 14.4. The maximum Gasteiger partial charge on any atom is 0.220 e. The number of nitrogens with zero attached hydrogens (tertiary/aromatic N) is 4. The Balaban J connectivity index is 1.67. The number of carbonyl (C=O) groups is 1. The minimum absolute atomic E-state index is 0.0885. The highest BCUT2D eigenvalue weighted by atomic mass is 16.5. The van der Waals surface area contributed by atoms with Crippen molar-refractivity contribution < 1.29 is 9.53 Å². The molecule has 2 heterocycles. The van der Waals surface area contributed by atoms with E-state index in [0.29, 0.717) is 25.8 Å². The summed E-state index contributed by atoms with van der Waals surface area (Å²) in [5.41, 5.74) is 3.14. The molecular formula is C18H29N5O2. The first-order chi connectivity index (χ1) is 12.1. The minimum Gasteiger partial charge on any atom is -0.379 e. The molecule has 1 aliphatic heterocycles. The van der Waals surface area contributed by atoms with Crippen molar-refractivity contribution in [1.29, 1.82) is 5.26 Å². The standard InChI is InChI=1S/C18H29N5O2/c1-15-17(16(2)23(21-15)10-3-7-19)5-6-18(24)20-8-4-9-22-11-13-25-14-12-22/h3-6,8-14H2,1-2H3,(H,20,24). The topological polar surface area (TPSA) is 83.2 Å². The lowest BCUT2D eigenvalue weighted by atomic mass is 10.1. The molecule has 25 heavy (non-hydrogen) atoms. The molecule has 1 N–H and O–H groups in total. The number of ether oxygens (including phenoxy) is 1. The van der Waals surface area contributed by atoms with Crippen molar-refractivity contribution in [2.75, 3.05) is 39.4 Å². The van der Waals surface area contributed by atoms with Gasteiger partial charge in [-0.25, -0.2) is 0 Å². The lowest BCUT2D eigenvalue weighted by Gasteiger charge is -2.26. The Bertz CT molecular complexity index is 599. The number of nitrogens with one attached hydrogen (secondary N) is 1. The van der Waals surface area contributed by atoms with Crippen LogP contribution in [-0.2, 0) is 22.5 Å². The number of amides is 1.